The smallest absolute Gasteiger partial charge is 0.315 e. The number of ether oxygens (including phenoxy) is 2. The van der Waals surface area contributed by atoms with Crippen molar-refractivity contribution in [2.45, 2.75) is 32.7 Å². The number of nitro groups is 1. The van der Waals surface area contributed by atoms with Crippen molar-refractivity contribution in [1.82, 2.24) is 0 Å². The van der Waals surface area contributed by atoms with Crippen LogP contribution >= 0.6 is 0 Å². The molecule has 1 atom stereocenters. The summed E-state index contributed by atoms with van der Waals surface area (Å²) in [7, 11) is 0. The van der Waals surface area contributed by atoms with Crippen molar-refractivity contribution in [2.24, 2.45) is 0 Å². The molecule has 1 aliphatic rings. The first-order valence-electron chi connectivity index (χ1n) is 9.01. The van der Waals surface area contributed by atoms with Crippen LogP contribution in [0.25, 0.3) is 0 Å². The number of fused-ring (bicyclic) bond motifs is 1. The van der Waals surface area contributed by atoms with Crippen LogP contribution in [0.15, 0.2) is 36.4 Å². The Hall–Kier alpha value is -3.09. The third kappa shape index (κ3) is 3.86. The molecule has 1 N–H and O–H groups in total. The molecule has 0 radical (unpaired) electrons. The predicted octanol–water partition coefficient (Wildman–Crippen LogP) is 4.52. The molecule has 0 aliphatic carbocycles. The lowest BCUT2D eigenvalue weighted by molar-refractivity contribution is -0.386. The van der Waals surface area contributed by atoms with Gasteiger partial charge in [0.2, 0.25) is 5.75 Å². The van der Waals surface area contributed by atoms with Crippen molar-refractivity contribution in [3.8, 4) is 11.5 Å². The van der Waals surface area contributed by atoms with E-state index in [-0.39, 0.29) is 29.7 Å². The topological polar surface area (TPSA) is 90.7 Å². The highest BCUT2D eigenvalue weighted by molar-refractivity contribution is 6.03. The van der Waals surface area contributed by atoms with Crippen molar-refractivity contribution in [1.29, 1.82) is 0 Å². The molecule has 0 saturated heterocycles. The Morgan fingerprint density at radius 1 is 1.22 bits per heavy atom. The van der Waals surface area contributed by atoms with Gasteiger partial charge in [0, 0.05) is 23.7 Å². The molecule has 7 heteroatoms. The number of hydrogen-bond acceptors (Lipinski definition) is 6. The Balaban J connectivity index is 2.03. The molecule has 0 spiro atoms. The molecular formula is C20H22N2O5. The summed E-state index contributed by atoms with van der Waals surface area (Å²) in [5, 5.41) is 14.9. The summed E-state index contributed by atoms with van der Waals surface area (Å²) in [6.07, 6.45) is 0.939. The van der Waals surface area contributed by atoms with Crippen LogP contribution in [0, 0.1) is 10.1 Å². The third-order valence-corrected chi connectivity index (χ3v) is 4.35. The second kappa shape index (κ2) is 8.07. The van der Waals surface area contributed by atoms with E-state index in [4.69, 9.17) is 9.47 Å². The molecule has 0 bridgehead atoms. The van der Waals surface area contributed by atoms with Gasteiger partial charge in [-0.3, -0.25) is 14.9 Å². The van der Waals surface area contributed by atoms with Crippen molar-refractivity contribution >= 4 is 17.2 Å². The maximum atomic E-state index is 12.5. The van der Waals surface area contributed by atoms with Gasteiger partial charge in [0.05, 0.1) is 24.2 Å². The number of nitro benzene ring substituents is 1. The van der Waals surface area contributed by atoms with Crippen LogP contribution in [0.2, 0.25) is 0 Å². The molecule has 2 aromatic rings. The number of ketones is 1. The molecule has 3 rings (SSSR count). The van der Waals surface area contributed by atoms with E-state index in [1.807, 2.05) is 25.1 Å². The fraction of sp³-hybridized carbons (Fsp3) is 0.350. The van der Waals surface area contributed by atoms with Gasteiger partial charge < -0.3 is 14.8 Å². The fourth-order valence-electron chi connectivity index (χ4n) is 3.14. The molecule has 7 nitrogen and oxygen atoms in total. The highest BCUT2D eigenvalue weighted by Crippen LogP contribution is 2.42. The van der Waals surface area contributed by atoms with E-state index in [0.29, 0.717) is 30.1 Å². The Morgan fingerprint density at radius 2 is 2.00 bits per heavy atom. The summed E-state index contributed by atoms with van der Waals surface area (Å²) >= 11 is 0. The van der Waals surface area contributed by atoms with Gasteiger partial charge in [-0.1, -0.05) is 19.1 Å². The van der Waals surface area contributed by atoms with E-state index in [0.717, 1.165) is 12.1 Å². The summed E-state index contributed by atoms with van der Waals surface area (Å²) in [6.45, 7) is 4.44. The Morgan fingerprint density at radius 3 is 2.70 bits per heavy atom. The minimum Gasteiger partial charge on any atom is -0.490 e. The Bertz CT molecular complexity index is 865. The average molecular weight is 370 g/mol. The summed E-state index contributed by atoms with van der Waals surface area (Å²) in [5.74, 6) is 0.458. The zero-order valence-electron chi connectivity index (χ0n) is 15.4. The predicted molar refractivity (Wildman–Crippen MR) is 102 cm³/mol. The van der Waals surface area contributed by atoms with Crippen LogP contribution in [0.5, 0.6) is 11.5 Å². The van der Waals surface area contributed by atoms with Gasteiger partial charge in [0.15, 0.2) is 11.5 Å². The van der Waals surface area contributed by atoms with Crippen LogP contribution in [-0.2, 0) is 0 Å². The highest BCUT2D eigenvalue weighted by atomic mass is 16.6. The zero-order chi connectivity index (χ0) is 19.4. The molecule has 1 aliphatic heterocycles. The average Bonchev–Trinajstić information content (AvgIpc) is 2.66. The monoisotopic (exact) mass is 370 g/mol. The zero-order valence-corrected chi connectivity index (χ0v) is 15.4. The van der Waals surface area contributed by atoms with E-state index in [9.17, 15) is 14.9 Å². The maximum absolute atomic E-state index is 12.5. The SMILES string of the molecule is CCCOc1c(OCC)cc(C2CC(=O)c3ccccc3N2)cc1[N+](=O)[O-]. The molecule has 142 valence electrons. The molecule has 1 heterocycles. The lowest BCUT2D eigenvalue weighted by Gasteiger charge is -2.27. The summed E-state index contributed by atoms with van der Waals surface area (Å²) in [6, 6.07) is 10.1. The molecule has 0 fully saturated rings. The lowest BCUT2D eigenvalue weighted by Crippen LogP contribution is -2.23. The number of carbonyl (C=O) groups is 1. The number of carbonyl (C=O) groups excluding carboxylic acids is 1. The van der Waals surface area contributed by atoms with E-state index >= 15 is 0 Å². The van der Waals surface area contributed by atoms with Gasteiger partial charge in [-0.2, -0.15) is 0 Å². The number of benzene rings is 2. The maximum Gasteiger partial charge on any atom is 0.315 e. The number of hydrogen-bond donors (Lipinski definition) is 1. The summed E-state index contributed by atoms with van der Waals surface area (Å²) < 4.78 is 11.2. The van der Waals surface area contributed by atoms with Crippen molar-refractivity contribution < 1.29 is 19.2 Å². The van der Waals surface area contributed by atoms with Crippen LogP contribution in [0.4, 0.5) is 11.4 Å². The first-order chi connectivity index (χ1) is 13.0. The van der Waals surface area contributed by atoms with Gasteiger partial charge in [-0.15, -0.1) is 0 Å². The van der Waals surface area contributed by atoms with Crippen LogP contribution in [0.3, 0.4) is 0 Å². The number of anilines is 1. The van der Waals surface area contributed by atoms with E-state index < -0.39 is 4.92 Å². The second-order valence-electron chi connectivity index (χ2n) is 6.28. The molecular weight excluding hydrogens is 348 g/mol. The molecule has 2 aromatic carbocycles. The van der Waals surface area contributed by atoms with Gasteiger partial charge in [0.1, 0.15) is 0 Å². The number of nitrogens with zero attached hydrogens (tertiary/aromatic N) is 1. The standard InChI is InChI=1S/C20H22N2O5/c1-3-9-27-20-17(22(24)25)10-13(11-19(20)26-4-2)16-12-18(23)14-7-5-6-8-15(14)21-16/h5-8,10-11,16,21H,3-4,9,12H2,1-2H3. The van der Waals surface area contributed by atoms with Gasteiger partial charge >= 0.3 is 5.69 Å². The van der Waals surface area contributed by atoms with Gasteiger partial charge in [-0.05, 0) is 37.1 Å². The first kappa shape index (κ1) is 18.7. The fourth-order valence-corrected chi connectivity index (χ4v) is 3.14. The Kier molecular flexibility index (Phi) is 5.59. The number of nitrogens with one attached hydrogen (secondary N) is 1. The van der Waals surface area contributed by atoms with Crippen molar-refractivity contribution in [2.75, 3.05) is 18.5 Å². The molecule has 0 amide bonds. The van der Waals surface area contributed by atoms with E-state index in [2.05, 4.69) is 5.32 Å². The normalized spacial score (nSPS) is 15.6. The van der Waals surface area contributed by atoms with Crippen molar-refractivity contribution in [3.05, 3.63) is 57.6 Å². The second-order valence-corrected chi connectivity index (χ2v) is 6.28. The summed E-state index contributed by atoms with van der Waals surface area (Å²) in [5.41, 5.74) is 1.83. The largest absolute Gasteiger partial charge is 0.490 e. The highest BCUT2D eigenvalue weighted by Gasteiger charge is 2.29. The molecule has 1 unspecified atom stereocenters. The third-order valence-electron chi connectivity index (χ3n) is 4.35. The summed E-state index contributed by atoms with van der Waals surface area (Å²) in [4.78, 5) is 23.6. The number of Topliss-reactive ketones (excluding diaryl/α,β-unsaturated/α-hetero) is 1. The van der Waals surface area contributed by atoms with Crippen LogP contribution in [0.1, 0.15) is 48.7 Å². The quantitative estimate of drug-likeness (QED) is 0.569. The molecule has 0 saturated carbocycles. The van der Waals surface area contributed by atoms with Crippen LogP contribution in [-0.4, -0.2) is 23.9 Å². The van der Waals surface area contributed by atoms with Crippen molar-refractivity contribution in [3.63, 3.8) is 0 Å². The molecule has 0 aromatic heterocycles. The molecule has 27 heavy (non-hydrogen) atoms. The van der Waals surface area contributed by atoms with Gasteiger partial charge in [-0.25, -0.2) is 0 Å². The van der Waals surface area contributed by atoms with E-state index in [1.54, 1.807) is 19.1 Å². The van der Waals surface area contributed by atoms with E-state index in [1.165, 1.54) is 6.07 Å². The number of para-hydroxylation sites is 1. The number of rotatable bonds is 7. The lowest BCUT2D eigenvalue weighted by atomic mass is 9.92. The Labute approximate surface area is 157 Å². The minimum absolute atomic E-state index is 0.00118. The first-order valence-corrected chi connectivity index (χ1v) is 9.01. The minimum atomic E-state index is -0.477. The van der Waals surface area contributed by atoms with Gasteiger partial charge in [0.25, 0.3) is 0 Å². The van der Waals surface area contributed by atoms with Crippen LogP contribution < -0.4 is 14.8 Å².